The van der Waals surface area contributed by atoms with Crippen LogP contribution in [0.3, 0.4) is 0 Å². The van der Waals surface area contributed by atoms with Gasteiger partial charge in [0.05, 0.1) is 10.5 Å². The molecule has 0 radical (unpaired) electrons. The van der Waals surface area contributed by atoms with Crippen LogP contribution in [0.25, 0.3) is 22.2 Å². The number of sulfonamides is 1. The van der Waals surface area contributed by atoms with Crippen LogP contribution >= 0.6 is 0 Å². The quantitative estimate of drug-likeness (QED) is 0.232. The highest BCUT2D eigenvalue weighted by atomic mass is 32.2. The van der Waals surface area contributed by atoms with E-state index in [2.05, 4.69) is 16.6 Å². The molecule has 0 bridgehead atoms. The molecule has 0 amide bonds. The van der Waals surface area contributed by atoms with Gasteiger partial charge in [0.25, 0.3) is 0 Å². The number of carboxylic acid groups (broad SMARTS) is 1. The van der Waals surface area contributed by atoms with E-state index in [1.807, 2.05) is 36.4 Å². The average molecular weight is 491 g/mol. The predicted molar refractivity (Wildman–Crippen MR) is 139 cm³/mol. The third-order valence-corrected chi connectivity index (χ3v) is 7.68. The van der Waals surface area contributed by atoms with E-state index in [1.165, 1.54) is 6.42 Å². The second kappa shape index (κ2) is 10.9. The number of unbranched alkanes of at least 4 members (excludes halogenated alkanes) is 2. The molecule has 0 spiro atoms. The minimum absolute atomic E-state index is 0.218. The summed E-state index contributed by atoms with van der Waals surface area (Å²) in [7, 11) is -3.63. The fraction of sp³-hybridized carbons (Fsp3) is 0.250. The summed E-state index contributed by atoms with van der Waals surface area (Å²) in [6.45, 7) is 2.40. The van der Waals surface area contributed by atoms with E-state index in [4.69, 9.17) is 0 Å². The molecule has 0 fully saturated rings. The van der Waals surface area contributed by atoms with Crippen LogP contribution in [-0.4, -0.2) is 31.0 Å². The predicted octanol–water partition coefficient (Wildman–Crippen LogP) is 5.79. The molecule has 7 heteroatoms. The molecular formula is C28H30N2O4S. The van der Waals surface area contributed by atoms with E-state index >= 15 is 0 Å². The van der Waals surface area contributed by atoms with Gasteiger partial charge < -0.3 is 10.1 Å². The number of rotatable bonds is 11. The number of benzene rings is 3. The molecule has 0 unspecified atom stereocenters. The van der Waals surface area contributed by atoms with Gasteiger partial charge in [0, 0.05) is 23.1 Å². The SMILES string of the molecule is CCCCCc1ccc(S(=O)(=O)NCCc2c(-c3ccc(C(=O)O)cc3)[nH]c3ccccc23)cc1. The van der Waals surface area contributed by atoms with Crippen LogP contribution < -0.4 is 4.72 Å². The number of carboxylic acids is 1. The number of carbonyl (C=O) groups is 1. The van der Waals surface area contributed by atoms with Gasteiger partial charge in [-0.25, -0.2) is 17.9 Å². The molecule has 0 aliphatic carbocycles. The summed E-state index contributed by atoms with van der Waals surface area (Å²) in [4.78, 5) is 14.9. The summed E-state index contributed by atoms with van der Waals surface area (Å²) < 4.78 is 28.5. The maximum absolute atomic E-state index is 12.9. The van der Waals surface area contributed by atoms with Crippen molar-refractivity contribution in [2.24, 2.45) is 0 Å². The van der Waals surface area contributed by atoms with E-state index in [-0.39, 0.29) is 17.0 Å². The van der Waals surface area contributed by atoms with Crippen LogP contribution in [0.1, 0.15) is 47.7 Å². The Morgan fingerprint density at radius 3 is 2.31 bits per heavy atom. The Hall–Kier alpha value is -3.42. The number of fused-ring (bicyclic) bond motifs is 1. The number of aryl methyl sites for hydroxylation is 1. The zero-order valence-electron chi connectivity index (χ0n) is 19.8. The van der Waals surface area contributed by atoms with E-state index in [0.29, 0.717) is 6.42 Å². The van der Waals surface area contributed by atoms with Gasteiger partial charge in [-0.3, -0.25) is 0 Å². The molecule has 1 aromatic heterocycles. The largest absolute Gasteiger partial charge is 0.478 e. The van der Waals surface area contributed by atoms with Crippen LogP contribution in [0, 0.1) is 0 Å². The van der Waals surface area contributed by atoms with Crippen LogP contribution in [0.15, 0.2) is 77.7 Å². The van der Waals surface area contributed by atoms with E-state index in [1.54, 1.807) is 36.4 Å². The molecule has 6 nitrogen and oxygen atoms in total. The fourth-order valence-electron chi connectivity index (χ4n) is 4.29. The molecule has 0 aliphatic rings. The maximum Gasteiger partial charge on any atom is 0.335 e. The van der Waals surface area contributed by atoms with Crippen LogP contribution in [0.2, 0.25) is 0 Å². The Kier molecular flexibility index (Phi) is 7.68. The second-order valence-corrected chi connectivity index (χ2v) is 10.4. The number of hydrogen-bond acceptors (Lipinski definition) is 3. The van der Waals surface area contributed by atoms with Crippen LogP contribution in [0.4, 0.5) is 0 Å². The normalized spacial score (nSPS) is 11.7. The van der Waals surface area contributed by atoms with Crippen molar-refractivity contribution in [2.45, 2.75) is 43.9 Å². The zero-order chi connectivity index (χ0) is 24.8. The first kappa shape index (κ1) is 24.7. The number of aromatic amines is 1. The third kappa shape index (κ3) is 5.81. The molecule has 0 aliphatic heterocycles. The average Bonchev–Trinajstić information content (AvgIpc) is 3.23. The summed E-state index contributed by atoms with van der Waals surface area (Å²) in [5.74, 6) is -0.975. The van der Waals surface area contributed by atoms with E-state index in [0.717, 1.165) is 52.5 Å². The fourth-order valence-corrected chi connectivity index (χ4v) is 5.33. The summed E-state index contributed by atoms with van der Waals surface area (Å²) in [5.41, 5.74) is 5.01. The van der Waals surface area contributed by atoms with Crippen molar-refractivity contribution in [3.8, 4) is 11.3 Å². The smallest absolute Gasteiger partial charge is 0.335 e. The molecular weight excluding hydrogens is 460 g/mol. The highest BCUT2D eigenvalue weighted by Crippen LogP contribution is 2.31. The van der Waals surface area contributed by atoms with Gasteiger partial charge in [-0.15, -0.1) is 0 Å². The molecule has 35 heavy (non-hydrogen) atoms. The molecule has 0 saturated heterocycles. The van der Waals surface area contributed by atoms with Gasteiger partial charge in [0.15, 0.2) is 0 Å². The summed E-state index contributed by atoms with van der Waals surface area (Å²) >= 11 is 0. The Morgan fingerprint density at radius 1 is 0.914 bits per heavy atom. The highest BCUT2D eigenvalue weighted by molar-refractivity contribution is 7.89. The van der Waals surface area contributed by atoms with Crippen molar-refractivity contribution in [3.05, 3.63) is 89.5 Å². The van der Waals surface area contributed by atoms with Crippen molar-refractivity contribution in [2.75, 3.05) is 6.54 Å². The molecule has 4 rings (SSSR count). The Bertz CT molecular complexity index is 1410. The van der Waals surface area contributed by atoms with E-state index in [9.17, 15) is 18.3 Å². The van der Waals surface area contributed by atoms with E-state index < -0.39 is 16.0 Å². The number of para-hydroxylation sites is 1. The van der Waals surface area contributed by atoms with Gasteiger partial charge in [-0.1, -0.05) is 62.2 Å². The minimum atomic E-state index is -3.63. The summed E-state index contributed by atoms with van der Waals surface area (Å²) in [5, 5.41) is 10.2. The Balaban J connectivity index is 1.51. The van der Waals surface area contributed by atoms with Gasteiger partial charge in [-0.2, -0.15) is 0 Å². The number of aromatic carboxylic acids is 1. The monoisotopic (exact) mass is 490 g/mol. The maximum atomic E-state index is 12.9. The van der Waals surface area contributed by atoms with Crippen molar-refractivity contribution in [1.29, 1.82) is 0 Å². The van der Waals surface area contributed by atoms with Gasteiger partial charge in [-0.05, 0) is 66.3 Å². The molecule has 1 heterocycles. The lowest BCUT2D eigenvalue weighted by atomic mass is 10.0. The molecule has 3 N–H and O–H groups in total. The van der Waals surface area contributed by atoms with Gasteiger partial charge in [0.2, 0.25) is 10.0 Å². The first-order valence-electron chi connectivity index (χ1n) is 11.9. The third-order valence-electron chi connectivity index (χ3n) is 6.20. The summed E-state index contributed by atoms with van der Waals surface area (Å²) in [6, 6.07) is 21.7. The molecule has 0 saturated carbocycles. The van der Waals surface area contributed by atoms with Crippen LogP contribution in [0.5, 0.6) is 0 Å². The highest BCUT2D eigenvalue weighted by Gasteiger charge is 2.17. The molecule has 4 aromatic rings. The number of hydrogen-bond donors (Lipinski definition) is 3. The van der Waals surface area contributed by atoms with Crippen molar-refractivity contribution in [1.82, 2.24) is 9.71 Å². The number of nitrogens with one attached hydrogen (secondary N) is 2. The van der Waals surface area contributed by atoms with Crippen molar-refractivity contribution >= 4 is 26.9 Å². The minimum Gasteiger partial charge on any atom is -0.478 e. The molecule has 0 atom stereocenters. The van der Waals surface area contributed by atoms with Crippen LogP contribution in [-0.2, 0) is 22.9 Å². The topological polar surface area (TPSA) is 99.3 Å². The molecule has 182 valence electrons. The van der Waals surface area contributed by atoms with Gasteiger partial charge >= 0.3 is 5.97 Å². The zero-order valence-corrected chi connectivity index (χ0v) is 20.6. The van der Waals surface area contributed by atoms with Gasteiger partial charge in [0.1, 0.15) is 0 Å². The van der Waals surface area contributed by atoms with Crippen molar-refractivity contribution < 1.29 is 18.3 Å². The lowest BCUT2D eigenvalue weighted by Gasteiger charge is -2.09. The molecule has 3 aromatic carbocycles. The first-order valence-corrected chi connectivity index (χ1v) is 13.4. The lowest BCUT2D eigenvalue weighted by Crippen LogP contribution is -2.26. The van der Waals surface area contributed by atoms with Crippen molar-refractivity contribution in [3.63, 3.8) is 0 Å². The lowest BCUT2D eigenvalue weighted by molar-refractivity contribution is 0.0697. The Morgan fingerprint density at radius 2 is 1.63 bits per heavy atom. The Labute approximate surface area is 206 Å². The standard InChI is InChI=1S/C28H30N2O4S/c1-2-3-4-7-20-10-16-23(17-11-20)35(33,34)29-19-18-25-24-8-5-6-9-26(24)30-27(25)21-12-14-22(15-13-21)28(31)32/h5-6,8-17,29-30H,2-4,7,18-19H2,1H3,(H,31,32). The number of H-pyrrole nitrogens is 1. The summed E-state index contributed by atoms with van der Waals surface area (Å²) in [6.07, 6.45) is 4.86. The first-order chi connectivity index (χ1) is 16.9. The number of aromatic nitrogens is 1. The second-order valence-electron chi connectivity index (χ2n) is 8.66.